The van der Waals surface area contributed by atoms with Crippen molar-refractivity contribution in [3.8, 4) is 0 Å². The van der Waals surface area contributed by atoms with E-state index in [4.69, 9.17) is 0 Å². The highest BCUT2D eigenvalue weighted by Crippen LogP contribution is 2.10. The van der Waals surface area contributed by atoms with Crippen LogP contribution in [0.2, 0.25) is 0 Å². The minimum Gasteiger partial charge on any atom is -0.303 e. The van der Waals surface area contributed by atoms with Crippen molar-refractivity contribution >= 4 is 23.1 Å². The fraction of sp³-hybridized carbons (Fsp3) is 0. The molecule has 0 unspecified atom stereocenters. The van der Waals surface area contributed by atoms with E-state index in [0.717, 1.165) is 0 Å². The molecule has 0 radical (unpaired) electrons. The number of aromatic amines is 1. The average Bonchev–Trinajstić information content (AvgIpc) is 2.74. The number of carbonyl (C=O) groups excluding carboxylic acids is 1. The molecule has 2 aromatic rings. The molecule has 0 bridgehead atoms. The summed E-state index contributed by atoms with van der Waals surface area (Å²) in [6, 6.07) is 3.57. The van der Waals surface area contributed by atoms with Crippen molar-refractivity contribution in [3.63, 3.8) is 0 Å². The first-order chi connectivity index (χ1) is 6.36. The van der Waals surface area contributed by atoms with Crippen molar-refractivity contribution < 1.29 is 4.79 Å². The first-order valence-corrected chi connectivity index (χ1v) is 4.45. The summed E-state index contributed by atoms with van der Waals surface area (Å²) >= 11 is 1.38. The molecule has 2 heterocycles. The zero-order valence-electron chi connectivity index (χ0n) is 6.52. The van der Waals surface area contributed by atoms with Gasteiger partial charge < -0.3 is 5.32 Å². The summed E-state index contributed by atoms with van der Waals surface area (Å²) in [7, 11) is 0. The maximum Gasteiger partial charge on any atom is 0.266 e. The number of carbonyl (C=O) groups is 1. The van der Waals surface area contributed by atoms with Crippen LogP contribution in [0.5, 0.6) is 0 Å². The van der Waals surface area contributed by atoms with Crippen LogP contribution in [0.1, 0.15) is 9.67 Å². The van der Waals surface area contributed by atoms with Gasteiger partial charge in [-0.2, -0.15) is 10.3 Å². The molecular weight excluding hydrogens is 188 g/mol. The summed E-state index contributed by atoms with van der Waals surface area (Å²) in [5, 5.41) is 14.1. The van der Waals surface area contributed by atoms with E-state index in [1.807, 2.05) is 11.4 Å². The molecule has 0 aromatic carbocycles. The summed E-state index contributed by atoms with van der Waals surface area (Å²) < 4.78 is 0. The van der Waals surface area contributed by atoms with Crippen LogP contribution in [-0.2, 0) is 0 Å². The van der Waals surface area contributed by atoms with Gasteiger partial charge in [0, 0.05) is 0 Å². The number of rotatable bonds is 2. The topological polar surface area (TPSA) is 70.7 Å². The fourth-order valence-electron chi connectivity index (χ4n) is 0.848. The molecule has 1 amide bonds. The Bertz CT molecular complexity index is 381. The minimum atomic E-state index is -0.163. The van der Waals surface area contributed by atoms with Gasteiger partial charge in [-0.3, -0.25) is 4.79 Å². The summed E-state index contributed by atoms with van der Waals surface area (Å²) in [6.07, 6.45) is 1.45. The van der Waals surface area contributed by atoms with Gasteiger partial charge >= 0.3 is 0 Å². The van der Waals surface area contributed by atoms with Gasteiger partial charge in [-0.1, -0.05) is 6.07 Å². The van der Waals surface area contributed by atoms with Gasteiger partial charge in [0.05, 0.1) is 11.1 Å². The summed E-state index contributed by atoms with van der Waals surface area (Å²) in [4.78, 5) is 12.0. The number of amides is 1. The molecule has 0 aliphatic carbocycles. The van der Waals surface area contributed by atoms with Crippen LogP contribution in [-0.4, -0.2) is 21.3 Å². The van der Waals surface area contributed by atoms with Crippen molar-refractivity contribution in [1.82, 2.24) is 15.4 Å². The molecule has 6 heteroatoms. The third-order valence-corrected chi connectivity index (χ3v) is 2.27. The molecule has 0 saturated carbocycles. The third kappa shape index (κ3) is 1.73. The van der Waals surface area contributed by atoms with Gasteiger partial charge in [0.2, 0.25) is 0 Å². The maximum absolute atomic E-state index is 11.4. The Hall–Kier alpha value is -1.69. The monoisotopic (exact) mass is 194 g/mol. The first-order valence-electron chi connectivity index (χ1n) is 3.57. The van der Waals surface area contributed by atoms with Crippen molar-refractivity contribution in [3.05, 3.63) is 28.6 Å². The molecular formula is C7H6N4OS. The normalized spacial score (nSPS) is 9.85. The predicted octanol–water partition coefficient (Wildman–Crippen LogP) is 1.12. The number of hydrogen-bond donors (Lipinski definition) is 2. The van der Waals surface area contributed by atoms with Gasteiger partial charge in [-0.15, -0.1) is 16.4 Å². The molecule has 0 aliphatic heterocycles. The number of nitrogens with zero attached hydrogens (tertiary/aromatic N) is 2. The highest BCUT2D eigenvalue weighted by Gasteiger charge is 2.07. The van der Waals surface area contributed by atoms with E-state index in [1.54, 1.807) is 6.07 Å². The van der Waals surface area contributed by atoms with Crippen LogP contribution in [0, 0.1) is 0 Å². The van der Waals surface area contributed by atoms with E-state index >= 15 is 0 Å². The number of aromatic nitrogens is 3. The van der Waals surface area contributed by atoms with Crippen molar-refractivity contribution in [2.45, 2.75) is 0 Å². The van der Waals surface area contributed by atoms with Crippen LogP contribution in [0.4, 0.5) is 5.82 Å². The molecule has 2 aromatic heterocycles. The molecule has 0 saturated heterocycles. The molecule has 66 valence electrons. The van der Waals surface area contributed by atoms with Gasteiger partial charge in [0.15, 0.2) is 5.82 Å². The lowest BCUT2D eigenvalue weighted by molar-refractivity contribution is 0.103. The van der Waals surface area contributed by atoms with Crippen LogP contribution in [0.25, 0.3) is 0 Å². The Balaban J connectivity index is 2.08. The SMILES string of the molecule is O=C(Nc1cn[nH]n1)c1cccs1. The zero-order valence-corrected chi connectivity index (χ0v) is 7.34. The lowest BCUT2D eigenvalue weighted by Gasteiger charge is -1.95. The first kappa shape index (κ1) is 7.93. The summed E-state index contributed by atoms with van der Waals surface area (Å²) in [6.45, 7) is 0. The Labute approximate surface area is 77.8 Å². The van der Waals surface area contributed by atoms with E-state index in [-0.39, 0.29) is 5.91 Å². The molecule has 0 spiro atoms. The Morgan fingerprint density at radius 1 is 1.62 bits per heavy atom. The Kier molecular flexibility index (Phi) is 2.05. The molecule has 0 fully saturated rings. The second-order valence-corrected chi connectivity index (χ2v) is 3.23. The molecule has 5 nitrogen and oxygen atoms in total. The van der Waals surface area contributed by atoms with Crippen LogP contribution < -0.4 is 5.32 Å². The van der Waals surface area contributed by atoms with Crippen molar-refractivity contribution in [2.75, 3.05) is 5.32 Å². The number of hydrogen-bond acceptors (Lipinski definition) is 4. The lowest BCUT2D eigenvalue weighted by Crippen LogP contribution is -2.10. The highest BCUT2D eigenvalue weighted by atomic mass is 32.1. The molecule has 0 atom stereocenters. The van der Waals surface area contributed by atoms with Crippen molar-refractivity contribution in [1.29, 1.82) is 0 Å². The molecule has 2 rings (SSSR count). The number of nitrogens with one attached hydrogen (secondary N) is 2. The fourth-order valence-corrected chi connectivity index (χ4v) is 1.47. The predicted molar refractivity (Wildman–Crippen MR) is 48.7 cm³/mol. The van der Waals surface area contributed by atoms with Gasteiger partial charge in [-0.25, -0.2) is 0 Å². The number of H-pyrrole nitrogens is 1. The quantitative estimate of drug-likeness (QED) is 0.752. The summed E-state index contributed by atoms with van der Waals surface area (Å²) in [5.41, 5.74) is 0. The van der Waals surface area contributed by atoms with Gasteiger partial charge in [0.1, 0.15) is 0 Å². The second kappa shape index (κ2) is 3.36. The molecule has 0 aliphatic rings. The second-order valence-electron chi connectivity index (χ2n) is 2.29. The van der Waals surface area contributed by atoms with Crippen molar-refractivity contribution in [2.24, 2.45) is 0 Å². The number of anilines is 1. The Morgan fingerprint density at radius 3 is 3.15 bits per heavy atom. The van der Waals surface area contributed by atoms with Crippen LogP contribution >= 0.6 is 11.3 Å². The lowest BCUT2D eigenvalue weighted by atomic mass is 10.4. The smallest absolute Gasteiger partial charge is 0.266 e. The standard InChI is InChI=1S/C7H6N4OS/c12-7(5-2-1-3-13-5)9-6-4-8-11-10-6/h1-4H,(H2,8,9,10,11,12). The molecule has 2 N–H and O–H groups in total. The third-order valence-electron chi connectivity index (χ3n) is 1.40. The summed E-state index contributed by atoms with van der Waals surface area (Å²) in [5.74, 6) is 0.266. The largest absolute Gasteiger partial charge is 0.303 e. The van der Waals surface area contributed by atoms with Crippen LogP contribution in [0.3, 0.4) is 0 Å². The molecule has 13 heavy (non-hydrogen) atoms. The van der Waals surface area contributed by atoms with E-state index < -0.39 is 0 Å². The van der Waals surface area contributed by atoms with E-state index in [1.165, 1.54) is 17.5 Å². The Morgan fingerprint density at radius 2 is 2.54 bits per heavy atom. The van der Waals surface area contributed by atoms with E-state index in [0.29, 0.717) is 10.7 Å². The van der Waals surface area contributed by atoms with Gasteiger partial charge in [-0.05, 0) is 11.4 Å². The average molecular weight is 194 g/mol. The van der Waals surface area contributed by atoms with Crippen LogP contribution in [0.15, 0.2) is 23.7 Å². The van der Waals surface area contributed by atoms with E-state index in [2.05, 4.69) is 20.7 Å². The maximum atomic E-state index is 11.4. The zero-order chi connectivity index (χ0) is 9.10. The number of thiophene rings is 1. The van der Waals surface area contributed by atoms with E-state index in [9.17, 15) is 4.79 Å². The highest BCUT2D eigenvalue weighted by molar-refractivity contribution is 7.12. The minimum absolute atomic E-state index is 0.163. The van der Waals surface area contributed by atoms with Gasteiger partial charge in [0.25, 0.3) is 5.91 Å².